The molecule has 1 rings (SSSR count). The van der Waals surface area contributed by atoms with Gasteiger partial charge in [-0.3, -0.25) is 0 Å². The third kappa shape index (κ3) is 0.864. The molecule has 1 fully saturated rings. The van der Waals surface area contributed by atoms with Gasteiger partial charge in [0, 0.05) is 5.92 Å². The topological polar surface area (TPSA) is 46.2 Å². The molecule has 9 heavy (non-hydrogen) atoms. The molecule has 1 aliphatic rings. The van der Waals surface area contributed by atoms with Crippen molar-refractivity contribution in [3.05, 3.63) is 0 Å². The fourth-order valence-electron chi connectivity index (χ4n) is 1.58. The smallest absolute Gasteiger partial charge is 0.117 e. The summed E-state index contributed by atoms with van der Waals surface area (Å²) < 4.78 is 0. The second-order valence-electron chi connectivity index (χ2n) is 3.88. The van der Waals surface area contributed by atoms with Crippen molar-refractivity contribution in [3.8, 4) is 0 Å². The maximum absolute atomic E-state index is 9.30. The van der Waals surface area contributed by atoms with Crippen LogP contribution in [0.4, 0.5) is 0 Å². The van der Waals surface area contributed by atoms with E-state index in [1.165, 1.54) is 0 Å². The third-order valence-electron chi connectivity index (χ3n) is 2.66. The van der Waals surface area contributed by atoms with Crippen LogP contribution in [0, 0.1) is 11.3 Å². The summed E-state index contributed by atoms with van der Waals surface area (Å²) in [4.78, 5) is 0. The molecular formula is C7H15NO. The molecule has 0 amide bonds. The quantitative estimate of drug-likeness (QED) is 0.473. The highest BCUT2D eigenvalue weighted by Gasteiger charge is 2.52. The first-order valence-corrected chi connectivity index (χ1v) is 3.37. The Morgan fingerprint density at radius 1 is 1.56 bits per heavy atom. The van der Waals surface area contributed by atoms with Gasteiger partial charge in [0.15, 0.2) is 0 Å². The highest BCUT2D eigenvalue weighted by Crippen LogP contribution is 2.49. The van der Waals surface area contributed by atoms with Crippen molar-refractivity contribution in [1.29, 1.82) is 0 Å². The van der Waals surface area contributed by atoms with E-state index in [0.717, 1.165) is 6.42 Å². The van der Waals surface area contributed by atoms with Crippen molar-refractivity contribution in [2.24, 2.45) is 17.1 Å². The lowest BCUT2D eigenvalue weighted by Gasteiger charge is -2.54. The van der Waals surface area contributed by atoms with E-state index in [9.17, 15) is 5.11 Å². The maximum atomic E-state index is 9.30. The molecule has 0 aromatic rings. The second kappa shape index (κ2) is 1.50. The Hall–Kier alpha value is -0.0800. The van der Waals surface area contributed by atoms with Gasteiger partial charge in [0.05, 0.1) is 0 Å². The molecule has 54 valence electrons. The molecule has 3 N–H and O–H groups in total. The number of hydrogen-bond donors (Lipinski definition) is 2. The number of nitrogens with two attached hydrogens (primary N) is 1. The number of hydrogen-bond acceptors (Lipinski definition) is 2. The van der Waals surface area contributed by atoms with Crippen LogP contribution < -0.4 is 5.73 Å². The second-order valence-corrected chi connectivity index (χ2v) is 3.88. The van der Waals surface area contributed by atoms with E-state index in [2.05, 4.69) is 13.8 Å². The van der Waals surface area contributed by atoms with Crippen LogP contribution in [-0.4, -0.2) is 10.8 Å². The van der Waals surface area contributed by atoms with Gasteiger partial charge in [-0.2, -0.15) is 0 Å². The van der Waals surface area contributed by atoms with Gasteiger partial charge in [-0.1, -0.05) is 20.8 Å². The maximum Gasteiger partial charge on any atom is 0.117 e. The molecule has 0 radical (unpaired) electrons. The minimum Gasteiger partial charge on any atom is -0.376 e. The third-order valence-corrected chi connectivity index (χ3v) is 2.66. The Balaban J connectivity index is 2.62. The minimum atomic E-state index is -0.885. The predicted octanol–water partition coefficient (Wildman–Crippen LogP) is 0.700. The fraction of sp³-hybridized carbons (Fsp3) is 1.00. The van der Waals surface area contributed by atoms with Crippen LogP contribution in [0.1, 0.15) is 27.2 Å². The van der Waals surface area contributed by atoms with Gasteiger partial charge in [-0.05, 0) is 11.8 Å². The Kier molecular flexibility index (Phi) is 1.17. The molecular weight excluding hydrogens is 114 g/mol. The van der Waals surface area contributed by atoms with Gasteiger partial charge >= 0.3 is 0 Å². The lowest BCUT2D eigenvalue weighted by atomic mass is 9.58. The zero-order valence-corrected chi connectivity index (χ0v) is 6.31. The Morgan fingerprint density at radius 3 is 2.00 bits per heavy atom. The Bertz CT molecular complexity index is 115. The van der Waals surface area contributed by atoms with Crippen molar-refractivity contribution < 1.29 is 5.11 Å². The molecule has 2 heteroatoms. The summed E-state index contributed by atoms with van der Waals surface area (Å²) in [6, 6.07) is 0. The monoisotopic (exact) mass is 129 g/mol. The van der Waals surface area contributed by atoms with E-state index in [4.69, 9.17) is 5.73 Å². The van der Waals surface area contributed by atoms with E-state index in [1.807, 2.05) is 6.92 Å². The summed E-state index contributed by atoms with van der Waals surface area (Å²) in [5.41, 5.74) is 4.85. The SMILES string of the molecule is CC1C(C)(C)C[C@@]1(N)O. The van der Waals surface area contributed by atoms with E-state index >= 15 is 0 Å². The molecule has 2 nitrogen and oxygen atoms in total. The summed E-state index contributed by atoms with van der Waals surface area (Å²) in [6.07, 6.45) is 0.723. The standard InChI is InChI=1S/C7H15NO/c1-5-6(2,3)4-7(5,8)9/h5,9H,4,8H2,1-3H3/t5?,7-/m1/s1. The van der Waals surface area contributed by atoms with Crippen LogP contribution in [0.3, 0.4) is 0 Å². The van der Waals surface area contributed by atoms with Crippen molar-refractivity contribution in [2.75, 3.05) is 0 Å². The van der Waals surface area contributed by atoms with Crippen molar-refractivity contribution >= 4 is 0 Å². The average Bonchev–Trinajstić information content (AvgIpc) is 1.63. The molecule has 0 aromatic carbocycles. The zero-order valence-electron chi connectivity index (χ0n) is 6.31. The lowest BCUT2D eigenvalue weighted by Crippen LogP contribution is -2.63. The van der Waals surface area contributed by atoms with E-state index < -0.39 is 5.72 Å². The number of aliphatic hydroxyl groups is 1. The van der Waals surface area contributed by atoms with Gasteiger partial charge in [-0.25, -0.2) is 0 Å². The van der Waals surface area contributed by atoms with Crippen molar-refractivity contribution in [3.63, 3.8) is 0 Å². The molecule has 0 heterocycles. The van der Waals surface area contributed by atoms with Gasteiger partial charge in [-0.15, -0.1) is 0 Å². The van der Waals surface area contributed by atoms with Gasteiger partial charge in [0.1, 0.15) is 5.72 Å². The Morgan fingerprint density at radius 2 is 2.00 bits per heavy atom. The average molecular weight is 129 g/mol. The highest BCUT2D eigenvalue weighted by atomic mass is 16.3. The molecule has 0 aliphatic heterocycles. The van der Waals surface area contributed by atoms with Crippen molar-refractivity contribution in [1.82, 2.24) is 0 Å². The molecule has 1 saturated carbocycles. The largest absolute Gasteiger partial charge is 0.376 e. The van der Waals surface area contributed by atoms with Crippen LogP contribution >= 0.6 is 0 Å². The Labute approximate surface area is 56.1 Å². The van der Waals surface area contributed by atoms with Crippen LogP contribution in [0.15, 0.2) is 0 Å². The minimum absolute atomic E-state index is 0.227. The van der Waals surface area contributed by atoms with Crippen LogP contribution in [0.25, 0.3) is 0 Å². The summed E-state index contributed by atoms with van der Waals surface area (Å²) >= 11 is 0. The first kappa shape index (κ1) is 7.03. The summed E-state index contributed by atoms with van der Waals surface area (Å²) in [7, 11) is 0. The zero-order chi connectivity index (χ0) is 7.28. The van der Waals surface area contributed by atoms with E-state index in [-0.39, 0.29) is 11.3 Å². The summed E-state index contributed by atoms with van der Waals surface area (Å²) in [5, 5.41) is 9.30. The van der Waals surface area contributed by atoms with E-state index in [1.54, 1.807) is 0 Å². The predicted molar refractivity (Wildman–Crippen MR) is 36.7 cm³/mol. The first-order chi connectivity index (χ1) is 3.86. The first-order valence-electron chi connectivity index (χ1n) is 3.37. The fourth-order valence-corrected chi connectivity index (χ4v) is 1.58. The molecule has 0 saturated heterocycles. The number of rotatable bonds is 0. The van der Waals surface area contributed by atoms with Gasteiger partial charge in [0.25, 0.3) is 0 Å². The summed E-state index contributed by atoms with van der Waals surface area (Å²) in [5.74, 6) is 0.227. The summed E-state index contributed by atoms with van der Waals surface area (Å²) in [6.45, 7) is 6.24. The molecule has 0 spiro atoms. The highest BCUT2D eigenvalue weighted by molar-refractivity contribution is 5.01. The van der Waals surface area contributed by atoms with Crippen LogP contribution in [0.5, 0.6) is 0 Å². The van der Waals surface area contributed by atoms with Gasteiger partial charge in [0.2, 0.25) is 0 Å². The van der Waals surface area contributed by atoms with Crippen LogP contribution in [-0.2, 0) is 0 Å². The van der Waals surface area contributed by atoms with E-state index in [0.29, 0.717) is 0 Å². The van der Waals surface area contributed by atoms with Crippen LogP contribution in [0.2, 0.25) is 0 Å². The molecule has 2 atom stereocenters. The normalized spacial score (nSPS) is 48.3. The molecule has 1 unspecified atom stereocenters. The van der Waals surface area contributed by atoms with Gasteiger partial charge < -0.3 is 10.8 Å². The van der Waals surface area contributed by atoms with Crippen molar-refractivity contribution in [2.45, 2.75) is 32.9 Å². The lowest BCUT2D eigenvalue weighted by molar-refractivity contribution is -0.167. The molecule has 0 bridgehead atoms. The molecule has 0 aromatic heterocycles. The molecule has 1 aliphatic carbocycles.